The van der Waals surface area contributed by atoms with Crippen LogP contribution in [0, 0.1) is 0 Å². The molecule has 34 heavy (non-hydrogen) atoms. The van der Waals surface area contributed by atoms with E-state index in [1.807, 2.05) is 0 Å². The van der Waals surface area contributed by atoms with Crippen molar-refractivity contribution in [2.24, 2.45) is 0 Å². The van der Waals surface area contributed by atoms with Crippen LogP contribution in [0.15, 0.2) is 87.6 Å². The number of hydrogen-bond donors (Lipinski definition) is 3. The van der Waals surface area contributed by atoms with Crippen LogP contribution in [0.5, 0.6) is 5.75 Å². The maximum Gasteiger partial charge on any atom is 0.261 e. The molecule has 0 aliphatic heterocycles. The minimum absolute atomic E-state index is 0.0142. The number of ether oxygens (including phenoxy) is 1. The summed E-state index contributed by atoms with van der Waals surface area (Å²) in [5.74, 6) is 0.303. The number of anilines is 2. The van der Waals surface area contributed by atoms with Crippen LogP contribution in [0.1, 0.15) is 0 Å². The fourth-order valence-corrected chi connectivity index (χ4v) is 4.78. The SMILES string of the molecule is COc1ccc(NS(=O)(=O)c2ccc(NC(=O)CSc3nc4ccccc4c(=O)[nH]3)cc2)cc1. The van der Waals surface area contributed by atoms with Gasteiger partial charge in [-0.25, -0.2) is 13.4 Å². The van der Waals surface area contributed by atoms with Crippen LogP contribution in [0.3, 0.4) is 0 Å². The van der Waals surface area contributed by atoms with Crippen molar-refractivity contribution in [1.29, 1.82) is 0 Å². The van der Waals surface area contributed by atoms with Crippen molar-refractivity contribution in [2.45, 2.75) is 10.1 Å². The maximum absolute atomic E-state index is 12.6. The van der Waals surface area contributed by atoms with E-state index < -0.39 is 10.0 Å². The summed E-state index contributed by atoms with van der Waals surface area (Å²) in [5, 5.41) is 3.51. The monoisotopic (exact) mass is 496 g/mol. The fourth-order valence-electron chi connectivity index (χ4n) is 3.05. The van der Waals surface area contributed by atoms with Crippen LogP contribution in [-0.4, -0.2) is 37.2 Å². The molecule has 1 amide bonds. The van der Waals surface area contributed by atoms with Crippen LogP contribution in [0.25, 0.3) is 10.9 Å². The summed E-state index contributed by atoms with van der Waals surface area (Å²) in [6, 6.07) is 19.2. The number of carbonyl (C=O) groups is 1. The van der Waals surface area contributed by atoms with Crippen molar-refractivity contribution in [1.82, 2.24) is 9.97 Å². The predicted molar refractivity (Wildman–Crippen MR) is 132 cm³/mol. The van der Waals surface area contributed by atoms with Gasteiger partial charge in [0.15, 0.2) is 5.16 Å². The average Bonchev–Trinajstić information content (AvgIpc) is 2.83. The summed E-state index contributed by atoms with van der Waals surface area (Å²) < 4.78 is 32.8. The van der Waals surface area contributed by atoms with Crippen molar-refractivity contribution in [3.8, 4) is 5.75 Å². The molecule has 0 aliphatic rings. The highest BCUT2D eigenvalue weighted by Gasteiger charge is 2.15. The lowest BCUT2D eigenvalue weighted by Crippen LogP contribution is -2.16. The smallest absolute Gasteiger partial charge is 0.261 e. The number of para-hydroxylation sites is 1. The molecular formula is C23H20N4O5S2. The van der Waals surface area contributed by atoms with E-state index in [2.05, 4.69) is 20.0 Å². The number of rotatable bonds is 8. The predicted octanol–water partition coefficient (Wildman–Crippen LogP) is 3.46. The summed E-state index contributed by atoms with van der Waals surface area (Å²) in [4.78, 5) is 31.5. The second kappa shape index (κ2) is 9.98. The normalized spacial score (nSPS) is 11.2. The first-order chi connectivity index (χ1) is 16.3. The number of H-pyrrole nitrogens is 1. The largest absolute Gasteiger partial charge is 0.497 e. The van der Waals surface area contributed by atoms with E-state index in [4.69, 9.17) is 4.74 Å². The Morgan fingerprint density at radius 1 is 1.00 bits per heavy atom. The van der Waals surface area contributed by atoms with E-state index in [1.165, 1.54) is 31.4 Å². The lowest BCUT2D eigenvalue weighted by atomic mass is 10.2. The second-order valence-electron chi connectivity index (χ2n) is 7.08. The number of amides is 1. The Kier molecular flexibility index (Phi) is 6.85. The van der Waals surface area contributed by atoms with Gasteiger partial charge in [-0.05, 0) is 60.7 Å². The number of hydrogen-bond acceptors (Lipinski definition) is 7. The number of aromatic nitrogens is 2. The molecule has 9 nitrogen and oxygen atoms in total. The van der Waals surface area contributed by atoms with Crippen LogP contribution >= 0.6 is 11.8 Å². The third kappa shape index (κ3) is 5.56. The quantitative estimate of drug-likeness (QED) is 0.252. The van der Waals surface area contributed by atoms with Crippen molar-refractivity contribution >= 4 is 50.0 Å². The first-order valence-corrected chi connectivity index (χ1v) is 12.5. The van der Waals surface area contributed by atoms with E-state index in [0.29, 0.717) is 33.2 Å². The van der Waals surface area contributed by atoms with E-state index in [0.717, 1.165) is 11.8 Å². The summed E-state index contributed by atoms with van der Waals surface area (Å²) in [5.41, 5.74) is 1.12. The number of carbonyl (C=O) groups excluding carboxylic acids is 1. The number of aromatic amines is 1. The molecule has 174 valence electrons. The highest BCUT2D eigenvalue weighted by Crippen LogP contribution is 2.21. The number of nitrogens with zero attached hydrogens (tertiary/aromatic N) is 1. The molecule has 4 aromatic rings. The number of nitrogens with one attached hydrogen (secondary N) is 3. The highest BCUT2D eigenvalue weighted by atomic mass is 32.2. The van der Waals surface area contributed by atoms with Crippen LogP contribution in [-0.2, 0) is 14.8 Å². The van der Waals surface area contributed by atoms with Crippen molar-refractivity contribution in [3.05, 3.63) is 83.2 Å². The average molecular weight is 497 g/mol. The number of thioether (sulfide) groups is 1. The molecule has 0 saturated carbocycles. The van der Waals surface area contributed by atoms with Gasteiger partial charge in [-0.1, -0.05) is 23.9 Å². The van der Waals surface area contributed by atoms with E-state index in [9.17, 15) is 18.0 Å². The van der Waals surface area contributed by atoms with Gasteiger partial charge in [0.05, 0.1) is 28.7 Å². The number of benzene rings is 3. The van der Waals surface area contributed by atoms with Gasteiger partial charge in [-0.3, -0.25) is 14.3 Å². The Morgan fingerprint density at radius 3 is 2.38 bits per heavy atom. The Labute approximate surface area is 199 Å². The Hall–Kier alpha value is -3.83. The number of fused-ring (bicyclic) bond motifs is 1. The Morgan fingerprint density at radius 2 is 1.68 bits per heavy atom. The van der Waals surface area contributed by atoms with E-state index >= 15 is 0 Å². The van der Waals surface area contributed by atoms with Gasteiger partial charge in [0.25, 0.3) is 15.6 Å². The second-order valence-corrected chi connectivity index (χ2v) is 9.73. The molecule has 0 atom stereocenters. The van der Waals surface area contributed by atoms with Gasteiger partial charge >= 0.3 is 0 Å². The molecule has 1 heterocycles. The summed E-state index contributed by atoms with van der Waals surface area (Å²) in [6.45, 7) is 0. The molecule has 0 bridgehead atoms. The van der Waals surface area contributed by atoms with Crippen molar-refractivity contribution in [2.75, 3.05) is 22.9 Å². The molecule has 4 rings (SSSR count). The van der Waals surface area contributed by atoms with Crippen LogP contribution < -0.4 is 20.3 Å². The highest BCUT2D eigenvalue weighted by molar-refractivity contribution is 7.99. The molecule has 11 heteroatoms. The molecule has 0 aliphatic carbocycles. The Balaban J connectivity index is 1.36. The van der Waals surface area contributed by atoms with E-state index in [-0.39, 0.29) is 22.1 Å². The third-order valence-electron chi connectivity index (χ3n) is 4.72. The topological polar surface area (TPSA) is 130 Å². The number of sulfonamides is 1. The van der Waals surface area contributed by atoms with Gasteiger partial charge in [0.2, 0.25) is 5.91 Å². The fraction of sp³-hybridized carbons (Fsp3) is 0.0870. The molecule has 0 spiro atoms. The molecule has 0 saturated heterocycles. The maximum atomic E-state index is 12.6. The first-order valence-electron chi connectivity index (χ1n) is 10.0. The van der Waals surface area contributed by atoms with Crippen molar-refractivity contribution in [3.63, 3.8) is 0 Å². The zero-order chi connectivity index (χ0) is 24.1. The molecule has 0 unspecified atom stereocenters. The molecular weight excluding hydrogens is 476 g/mol. The zero-order valence-corrected chi connectivity index (χ0v) is 19.6. The third-order valence-corrected chi connectivity index (χ3v) is 6.99. The molecule has 0 fully saturated rings. The molecule has 3 N–H and O–H groups in total. The molecule has 3 aromatic carbocycles. The Bertz CT molecular complexity index is 1480. The minimum atomic E-state index is -3.80. The molecule has 0 radical (unpaired) electrons. The van der Waals surface area contributed by atoms with Crippen molar-refractivity contribution < 1.29 is 17.9 Å². The zero-order valence-electron chi connectivity index (χ0n) is 17.9. The van der Waals surface area contributed by atoms with E-state index in [1.54, 1.807) is 48.5 Å². The molecule has 1 aromatic heterocycles. The van der Waals surface area contributed by atoms with Gasteiger partial charge in [-0.15, -0.1) is 0 Å². The summed E-state index contributed by atoms with van der Waals surface area (Å²) >= 11 is 1.09. The lowest BCUT2D eigenvalue weighted by Gasteiger charge is -2.10. The van der Waals surface area contributed by atoms with Gasteiger partial charge in [-0.2, -0.15) is 0 Å². The standard InChI is InChI=1S/C23H20N4O5S2/c1-32-17-10-6-16(7-11-17)27-34(30,31)18-12-8-15(9-13-18)24-21(28)14-33-23-25-20-5-3-2-4-19(20)22(29)26-23/h2-13,27H,14H2,1H3,(H,24,28)(H,25,26,29). The van der Waals surface area contributed by atoms with Gasteiger partial charge in [0.1, 0.15) is 5.75 Å². The van der Waals surface area contributed by atoms with Crippen LogP contribution in [0.4, 0.5) is 11.4 Å². The van der Waals surface area contributed by atoms with Gasteiger partial charge in [0, 0.05) is 11.4 Å². The summed E-state index contributed by atoms with van der Waals surface area (Å²) in [7, 11) is -2.27. The lowest BCUT2D eigenvalue weighted by molar-refractivity contribution is -0.113. The number of methoxy groups -OCH3 is 1. The first kappa shape index (κ1) is 23.3. The summed E-state index contributed by atoms with van der Waals surface area (Å²) in [6.07, 6.45) is 0. The van der Waals surface area contributed by atoms with Crippen LogP contribution in [0.2, 0.25) is 0 Å². The van der Waals surface area contributed by atoms with Gasteiger partial charge < -0.3 is 15.0 Å². The minimum Gasteiger partial charge on any atom is -0.497 e.